The SMILES string of the molecule is COCC(N)C(=O)N(CC1CC1)c1ccccc1.Cl. The van der Waals surface area contributed by atoms with Crippen LogP contribution in [-0.2, 0) is 9.53 Å². The second-order valence-electron chi connectivity index (χ2n) is 4.79. The molecular formula is C14H21ClN2O2. The molecule has 1 aromatic rings. The molecule has 1 amide bonds. The maximum absolute atomic E-state index is 12.3. The Balaban J connectivity index is 0.00000180. The molecule has 106 valence electrons. The van der Waals surface area contributed by atoms with E-state index in [0.717, 1.165) is 12.2 Å². The van der Waals surface area contributed by atoms with Crippen molar-refractivity contribution in [3.63, 3.8) is 0 Å². The number of para-hydroxylation sites is 1. The average Bonchev–Trinajstić information content (AvgIpc) is 3.20. The fourth-order valence-corrected chi connectivity index (χ4v) is 1.94. The Kier molecular flexibility index (Phi) is 6.28. The van der Waals surface area contributed by atoms with Gasteiger partial charge in [-0.05, 0) is 30.9 Å². The average molecular weight is 285 g/mol. The summed E-state index contributed by atoms with van der Waals surface area (Å²) in [5.41, 5.74) is 6.76. The molecule has 1 saturated carbocycles. The number of nitrogens with zero attached hydrogens (tertiary/aromatic N) is 1. The molecule has 1 aliphatic carbocycles. The molecule has 19 heavy (non-hydrogen) atoms. The largest absolute Gasteiger partial charge is 0.383 e. The number of carbonyl (C=O) groups excluding carboxylic acids is 1. The van der Waals surface area contributed by atoms with Crippen LogP contribution in [0.3, 0.4) is 0 Å². The molecule has 1 aromatic carbocycles. The van der Waals surface area contributed by atoms with Gasteiger partial charge in [0, 0.05) is 19.3 Å². The number of hydrogen-bond acceptors (Lipinski definition) is 3. The summed E-state index contributed by atoms with van der Waals surface area (Å²) in [4.78, 5) is 14.1. The first-order valence-corrected chi connectivity index (χ1v) is 6.33. The van der Waals surface area contributed by atoms with Gasteiger partial charge in [-0.3, -0.25) is 4.79 Å². The van der Waals surface area contributed by atoms with Gasteiger partial charge in [-0.15, -0.1) is 12.4 Å². The predicted molar refractivity (Wildman–Crippen MR) is 78.6 cm³/mol. The van der Waals surface area contributed by atoms with Gasteiger partial charge in [-0.25, -0.2) is 0 Å². The third-order valence-electron chi connectivity index (χ3n) is 3.14. The van der Waals surface area contributed by atoms with Gasteiger partial charge in [0.05, 0.1) is 6.61 Å². The van der Waals surface area contributed by atoms with Crippen LogP contribution in [0.4, 0.5) is 5.69 Å². The topological polar surface area (TPSA) is 55.6 Å². The molecule has 0 saturated heterocycles. The lowest BCUT2D eigenvalue weighted by molar-refractivity contribution is -0.121. The molecule has 1 fully saturated rings. The number of hydrogen-bond donors (Lipinski definition) is 1. The molecule has 0 aliphatic heterocycles. The molecule has 1 atom stereocenters. The molecule has 5 heteroatoms. The molecule has 2 N–H and O–H groups in total. The zero-order valence-electron chi connectivity index (χ0n) is 11.1. The van der Waals surface area contributed by atoms with E-state index in [4.69, 9.17) is 10.5 Å². The van der Waals surface area contributed by atoms with Crippen molar-refractivity contribution in [2.75, 3.05) is 25.2 Å². The zero-order valence-corrected chi connectivity index (χ0v) is 11.9. The Labute approximate surface area is 120 Å². The first-order valence-electron chi connectivity index (χ1n) is 6.33. The molecule has 4 nitrogen and oxygen atoms in total. The number of ether oxygens (including phenoxy) is 1. The third-order valence-corrected chi connectivity index (χ3v) is 3.14. The van der Waals surface area contributed by atoms with E-state index in [2.05, 4.69) is 0 Å². The lowest BCUT2D eigenvalue weighted by atomic mass is 10.2. The molecule has 2 rings (SSSR count). The van der Waals surface area contributed by atoms with Crippen molar-refractivity contribution in [3.05, 3.63) is 30.3 Å². The summed E-state index contributed by atoms with van der Waals surface area (Å²) in [6, 6.07) is 9.11. The highest BCUT2D eigenvalue weighted by Gasteiger charge is 2.29. The molecule has 1 unspecified atom stereocenters. The minimum atomic E-state index is -0.589. The van der Waals surface area contributed by atoms with Crippen molar-refractivity contribution >= 4 is 24.0 Å². The van der Waals surface area contributed by atoms with Crippen molar-refractivity contribution in [1.29, 1.82) is 0 Å². The molecule has 0 aromatic heterocycles. The second-order valence-corrected chi connectivity index (χ2v) is 4.79. The number of methoxy groups -OCH3 is 1. The van der Waals surface area contributed by atoms with E-state index in [0.29, 0.717) is 5.92 Å². The van der Waals surface area contributed by atoms with Crippen LogP contribution in [0, 0.1) is 5.92 Å². The summed E-state index contributed by atoms with van der Waals surface area (Å²) < 4.78 is 4.96. The summed E-state index contributed by atoms with van der Waals surface area (Å²) in [6.07, 6.45) is 2.41. The summed E-state index contributed by atoms with van der Waals surface area (Å²) in [5, 5.41) is 0. The van der Waals surface area contributed by atoms with Gasteiger partial charge < -0.3 is 15.4 Å². The highest BCUT2D eigenvalue weighted by molar-refractivity contribution is 5.97. The summed E-state index contributed by atoms with van der Waals surface area (Å²) >= 11 is 0. The van der Waals surface area contributed by atoms with Crippen molar-refractivity contribution in [1.82, 2.24) is 0 Å². The normalized spacial score (nSPS) is 15.5. The Morgan fingerprint density at radius 3 is 2.58 bits per heavy atom. The van der Waals surface area contributed by atoms with Gasteiger partial charge in [0.25, 0.3) is 0 Å². The quantitative estimate of drug-likeness (QED) is 0.867. The Bertz CT molecular complexity index is 396. The number of rotatable bonds is 6. The van der Waals surface area contributed by atoms with Crippen LogP contribution in [0.1, 0.15) is 12.8 Å². The fourth-order valence-electron chi connectivity index (χ4n) is 1.94. The standard InChI is InChI=1S/C14H20N2O2.ClH/c1-18-10-13(15)14(17)16(9-11-7-8-11)12-5-3-2-4-6-12;/h2-6,11,13H,7-10,15H2,1H3;1H. The Morgan fingerprint density at radius 2 is 2.05 bits per heavy atom. The van der Waals surface area contributed by atoms with E-state index < -0.39 is 6.04 Å². The first kappa shape index (κ1) is 16.0. The molecule has 0 bridgehead atoms. The molecule has 0 radical (unpaired) electrons. The van der Waals surface area contributed by atoms with E-state index in [1.54, 1.807) is 12.0 Å². The van der Waals surface area contributed by atoms with Crippen molar-refractivity contribution in [3.8, 4) is 0 Å². The highest BCUT2D eigenvalue weighted by atomic mass is 35.5. The van der Waals surface area contributed by atoms with Crippen LogP contribution in [0.25, 0.3) is 0 Å². The van der Waals surface area contributed by atoms with E-state index in [1.807, 2.05) is 30.3 Å². The van der Waals surface area contributed by atoms with E-state index in [9.17, 15) is 4.79 Å². The lowest BCUT2D eigenvalue weighted by Gasteiger charge is -2.25. The smallest absolute Gasteiger partial charge is 0.246 e. The minimum Gasteiger partial charge on any atom is -0.383 e. The Hall–Kier alpha value is -1.10. The lowest BCUT2D eigenvalue weighted by Crippen LogP contribution is -2.47. The molecular weight excluding hydrogens is 264 g/mol. The predicted octanol–water partition coefficient (Wildman–Crippen LogP) is 1.83. The number of amides is 1. The van der Waals surface area contributed by atoms with Crippen molar-refractivity contribution in [2.24, 2.45) is 11.7 Å². The van der Waals surface area contributed by atoms with Gasteiger partial charge in [0.1, 0.15) is 6.04 Å². The van der Waals surface area contributed by atoms with Crippen LogP contribution in [0.5, 0.6) is 0 Å². The first-order chi connectivity index (χ1) is 8.72. The molecule has 0 spiro atoms. The molecule has 1 aliphatic rings. The summed E-state index contributed by atoms with van der Waals surface area (Å²) in [6.45, 7) is 1.02. The third kappa shape index (κ3) is 4.49. The van der Waals surface area contributed by atoms with Crippen LogP contribution in [0.2, 0.25) is 0 Å². The Morgan fingerprint density at radius 1 is 1.42 bits per heavy atom. The zero-order chi connectivity index (χ0) is 13.0. The van der Waals surface area contributed by atoms with E-state index >= 15 is 0 Å². The van der Waals surface area contributed by atoms with Gasteiger partial charge in [-0.2, -0.15) is 0 Å². The number of nitrogens with two attached hydrogens (primary N) is 1. The maximum atomic E-state index is 12.3. The fraction of sp³-hybridized carbons (Fsp3) is 0.500. The highest BCUT2D eigenvalue weighted by Crippen LogP contribution is 2.31. The van der Waals surface area contributed by atoms with E-state index in [-0.39, 0.29) is 24.9 Å². The van der Waals surface area contributed by atoms with Crippen molar-refractivity contribution < 1.29 is 9.53 Å². The van der Waals surface area contributed by atoms with Crippen LogP contribution in [-0.4, -0.2) is 32.2 Å². The van der Waals surface area contributed by atoms with Gasteiger partial charge in [-0.1, -0.05) is 18.2 Å². The number of halogens is 1. The van der Waals surface area contributed by atoms with Gasteiger partial charge >= 0.3 is 0 Å². The van der Waals surface area contributed by atoms with Gasteiger partial charge in [0.15, 0.2) is 0 Å². The molecule has 0 heterocycles. The number of anilines is 1. The maximum Gasteiger partial charge on any atom is 0.246 e. The summed E-state index contributed by atoms with van der Waals surface area (Å²) in [7, 11) is 1.56. The van der Waals surface area contributed by atoms with Crippen LogP contribution >= 0.6 is 12.4 Å². The van der Waals surface area contributed by atoms with Crippen LogP contribution < -0.4 is 10.6 Å². The van der Waals surface area contributed by atoms with Crippen molar-refractivity contribution in [2.45, 2.75) is 18.9 Å². The second kappa shape index (κ2) is 7.48. The number of carbonyl (C=O) groups is 1. The minimum absolute atomic E-state index is 0. The van der Waals surface area contributed by atoms with E-state index in [1.165, 1.54) is 12.8 Å². The van der Waals surface area contributed by atoms with Gasteiger partial charge in [0.2, 0.25) is 5.91 Å². The monoisotopic (exact) mass is 284 g/mol. The van der Waals surface area contributed by atoms with Crippen LogP contribution in [0.15, 0.2) is 30.3 Å². The summed E-state index contributed by atoms with van der Waals surface area (Å²) in [5.74, 6) is 0.568. The number of benzene rings is 1.